The van der Waals surface area contributed by atoms with E-state index < -0.39 is 0 Å². The number of benzene rings is 3. The number of nitrogens with zero attached hydrogens (tertiary/aromatic N) is 3. The van der Waals surface area contributed by atoms with Crippen LogP contribution < -0.4 is 10.2 Å². The van der Waals surface area contributed by atoms with Crippen LogP contribution in [0.5, 0.6) is 0 Å². The Bertz CT molecular complexity index is 1510. The molecule has 6 nitrogen and oxygen atoms in total. The van der Waals surface area contributed by atoms with Crippen LogP contribution in [0.4, 0.5) is 5.82 Å². The van der Waals surface area contributed by atoms with E-state index in [2.05, 4.69) is 62.5 Å². The number of thioether (sulfide) groups is 1. The Morgan fingerprint density at radius 1 is 1.00 bits per heavy atom. The Morgan fingerprint density at radius 3 is 2.46 bits per heavy atom. The van der Waals surface area contributed by atoms with Crippen molar-refractivity contribution >= 4 is 29.4 Å². The van der Waals surface area contributed by atoms with Crippen LogP contribution in [0.2, 0.25) is 0 Å². The van der Waals surface area contributed by atoms with E-state index >= 15 is 0 Å². The largest absolute Gasteiger partial charge is 0.355 e. The molecule has 0 fully saturated rings. The highest BCUT2D eigenvalue weighted by molar-refractivity contribution is 8.00. The highest BCUT2D eigenvalue weighted by Crippen LogP contribution is 2.49. The second-order valence-corrected chi connectivity index (χ2v) is 11.1. The number of carbonyl (C=O) groups excluding carboxylic acids is 2. The van der Waals surface area contributed by atoms with E-state index in [0.29, 0.717) is 12.4 Å². The van der Waals surface area contributed by atoms with E-state index in [1.165, 1.54) is 0 Å². The molecule has 0 unspecified atom stereocenters. The molecule has 0 saturated carbocycles. The quantitative estimate of drug-likeness (QED) is 0.306. The summed E-state index contributed by atoms with van der Waals surface area (Å²) >= 11 is 1.60. The third kappa shape index (κ3) is 5.36. The van der Waals surface area contributed by atoms with Crippen molar-refractivity contribution in [2.24, 2.45) is 0 Å². The van der Waals surface area contributed by atoms with Crippen molar-refractivity contribution in [3.05, 3.63) is 101 Å². The van der Waals surface area contributed by atoms with Crippen LogP contribution in [-0.2, 0) is 9.59 Å². The van der Waals surface area contributed by atoms with Gasteiger partial charge in [0.1, 0.15) is 12.4 Å². The van der Waals surface area contributed by atoms with Gasteiger partial charge in [0.05, 0.1) is 22.4 Å². The number of nitrogens with one attached hydrogen (secondary N) is 1. The number of aromatic nitrogens is 2. The Morgan fingerprint density at radius 2 is 1.74 bits per heavy atom. The first-order valence-electron chi connectivity index (χ1n) is 13.4. The molecule has 200 valence electrons. The summed E-state index contributed by atoms with van der Waals surface area (Å²) in [7, 11) is 0. The summed E-state index contributed by atoms with van der Waals surface area (Å²) in [5, 5.41) is 8.02. The van der Waals surface area contributed by atoms with Gasteiger partial charge in [0.15, 0.2) is 0 Å². The normalized spacial score (nSPS) is 15.1. The Balaban J connectivity index is 1.82. The van der Waals surface area contributed by atoms with Gasteiger partial charge in [-0.15, -0.1) is 11.8 Å². The molecule has 5 rings (SSSR count). The van der Waals surface area contributed by atoms with Gasteiger partial charge in [-0.05, 0) is 49.9 Å². The van der Waals surface area contributed by atoms with Crippen molar-refractivity contribution in [2.45, 2.75) is 39.4 Å². The monoisotopic (exact) mass is 538 g/mol. The van der Waals surface area contributed by atoms with Gasteiger partial charge in [0, 0.05) is 17.7 Å². The smallest absolute Gasteiger partial charge is 0.240 e. The molecule has 0 spiro atoms. The van der Waals surface area contributed by atoms with Gasteiger partial charge in [-0.25, -0.2) is 4.68 Å². The number of fused-ring (bicyclic) bond motifs is 1. The van der Waals surface area contributed by atoms with Crippen molar-refractivity contribution in [1.29, 1.82) is 0 Å². The standard InChI is InChI=1S/C32H34N4O2S/c1-5-17-33-27(37)19-35-28(38)20-39-31(25-14-10-9-11-22(25)3)29-30(24-12-7-6-8-13-24)34-36(32(29)35)26-16-15-21(2)18-23(26)4/h6-16,18,31H,5,17,19-20H2,1-4H3,(H,33,37)/t31-/m0/s1. The summed E-state index contributed by atoms with van der Waals surface area (Å²) in [6, 6.07) is 24.7. The summed E-state index contributed by atoms with van der Waals surface area (Å²) in [6.45, 7) is 8.75. The number of aryl methyl sites for hydroxylation is 3. The zero-order valence-electron chi connectivity index (χ0n) is 22.9. The third-order valence-electron chi connectivity index (χ3n) is 7.06. The first kappa shape index (κ1) is 26.8. The van der Waals surface area contributed by atoms with Gasteiger partial charge in [-0.1, -0.05) is 79.2 Å². The SMILES string of the molecule is CCCNC(=O)CN1C(=O)CS[C@@H](c2ccccc2C)c2c(-c3ccccc3)nn(-c3ccc(C)cc3C)c21. The third-order valence-corrected chi connectivity index (χ3v) is 8.30. The van der Waals surface area contributed by atoms with Crippen molar-refractivity contribution in [1.82, 2.24) is 15.1 Å². The number of hydrogen-bond donors (Lipinski definition) is 1. The van der Waals surface area contributed by atoms with E-state index in [4.69, 9.17) is 5.10 Å². The van der Waals surface area contributed by atoms with Crippen LogP contribution in [-0.4, -0.2) is 40.4 Å². The summed E-state index contributed by atoms with van der Waals surface area (Å²) in [4.78, 5) is 28.5. The Hall–Kier alpha value is -3.84. The molecule has 2 heterocycles. The predicted molar refractivity (Wildman–Crippen MR) is 160 cm³/mol. The van der Waals surface area contributed by atoms with Crippen molar-refractivity contribution in [2.75, 3.05) is 23.7 Å². The van der Waals surface area contributed by atoms with Crippen LogP contribution >= 0.6 is 11.8 Å². The number of anilines is 1. The molecule has 0 radical (unpaired) electrons. The number of amides is 2. The van der Waals surface area contributed by atoms with Crippen LogP contribution in [0.15, 0.2) is 72.8 Å². The first-order valence-corrected chi connectivity index (χ1v) is 14.4. The molecule has 4 aromatic rings. The molecule has 1 aliphatic heterocycles. The molecule has 0 bridgehead atoms. The lowest BCUT2D eigenvalue weighted by Gasteiger charge is -2.24. The van der Waals surface area contributed by atoms with E-state index in [-0.39, 0.29) is 29.4 Å². The average Bonchev–Trinajstić information content (AvgIpc) is 3.25. The molecule has 0 aliphatic carbocycles. The molecular formula is C32H34N4O2S. The van der Waals surface area contributed by atoms with E-state index in [0.717, 1.165) is 51.2 Å². The van der Waals surface area contributed by atoms with Gasteiger partial charge in [0.2, 0.25) is 11.8 Å². The maximum atomic E-state index is 13.8. The predicted octanol–water partition coefficient (Wildman–Crippen LogP) is 6.16. The fourth-order valence-electron chi connectivity index (χ4n) is 5.13. The first-order chi connectivity index (χ1) is 18.9. The molecule has 7 heteroatoms. The minimum atomic E-state index is -0.176. The fraction of sp³-hybridized carbons (Fsp3) is 0.281. The maximum absolute atomic E-state index is 13.8. The van der Waals surface area contributed by atoms with Crippen molar-refractivity contribution in [3.63, 3.8) is 0 Å². The zero-order chi connectivity index (χ0) is 27.5. The number of carbonyl (C=O) groups is 2. The average molecular weight is 539 g/mol. The molecule has 1 atom stereocenters. The molecule has 0 saturated heterocycles. The minimum absolute atomic E-state index is 0.0578. The Kier molecular flexibility index (Phi) is 7.89. The lowest BCUT2D eigenvalue weighted by Crippen LogP contribution is -2.42. The van der Waals surface area contributed by atoms with Crippen molar-refractivity contribution < 1.29 is 9.59 Å². The van der Waals surface area contributed by atoms with Crippen LogP contribution in [0.1, 0.15) is 46.4 Å². The maximum Gasteiger partial charge on any atom is 0.240 e. The summed E-state index contributed by atoms with van der Waals surface area (Å²) in [6.07, 6.45) is 0.828. The van der Waals surface area contributed by atoms with Gasteiger partial charge in [0.25, 0.3) is 0 Å². The van der Waals surface area contributed by atoms with Crippen LogP contribution in [0.3, 0.4) is 0 Å². The van der Waals surface area contributed by atoms with Gasteiger partial charge >= 0.3 is 0 Å². The molecule has 3 aromatic carbocycles. The highest BCUT2D eigenvalue weighted by Gasteiger charge is 2.38. The lowest BCUT2D eigenvalue weighted by molar-refractivity contribution is -0.122. The highest BCUT2D eigenvalue weighted by atomic mass is 32.2. The van der Waals surface area contributed by atoms with Crippen molar-refractivity contribution in [3.8, 4) is 16.9 Å². The summed E-state index contributed by atoms with van der Waals surface area (Å²) in [5.74, 6) is 0.644. The lowest BCUT2D eigenvalue weighted by atomic mass is 9.96. The topological polar surface area (TPSA) is 67.2 Å². The van der Waals surface area contributed by atoms with Gasteiger partial charge in [-0.3, -0.25) is 14.5 Å². The number of hydrogen-bond acceptors (Lipinski definition) is 4. The van der Waals surface area contributed by atoms with E-state index in [9.17, 15) is 9.59 Å². The van der Waals surface area contributed by atoms with E-state index in [1.54, 1.807) is 16.7 Å². The second-order valence-electron chi connectivity index (χ2n) is 10.0. The van der Waals surface area contributed by atoms with Gasteiger partial charge < -0.3 is 5.32 Å². The second kappa shape index (κ2) is 11.5. The molecule has 2 amide bonds. The zero-order valence-corrected chi connectivity index (χ0v) is 23.7. The van der Waals surface area contributed by atoms with E-state index in [1.807, 2.05) is 48.0 Å². The summed E-state index contributed by atoms with van der Waals surface area (Å²) in [5.41, 5.74) is 8.13. The molecule has 39 heavy (non-hydrogen) atoms. The minimum Gasteiger partial charge on any atom is -0.355 e. The fourth-order valence-corrected chi connectivity index (χ4v) is 6.42. The molecule has 1 N–H and O–H groups in total. The van der Waals surface area contributed by atoms with Crippen LogP contribution in [0, 0.1) is 20.8 Å². The molecule has 1 aliphatic rings. The number of rotatable bonds is 7. The summed E-state index contributed by atoms with van der Waals surface area (Å²) < 4.78 is 1.88. The Labute approximate surface area is 234 Å². The molecular weight excluding hydrogens is 504 g/mol. The van der Waals surface area contributed by atoms with Gasteiger partial charge in [-0.2, -0.15) is 5.10 Å². The van der Waals surface area contributed by atoms with Crippen LogP contribution in [0.25, 0.3) is 16.9 Å². The molecule has 1 aromatic heterocycles.